The number of benzene rings is 1. The van der Waals surface area contributed by atoms with E-state index in [1.165, 1.54) is 6.42 Å². The summed E-state index contributed by atoms with van der Waals surface area (Å²) in [6.07, 6.45) is 5.53. The van der Waals surface area contributed by atoms with Gasteiger partial charge in [-0.3, -0.25) is 14.5 Å². The summed E-state index contributed by atoms with van der Waals surface area (Å²) in [4.78, 5) is 27.4. The van der Waals surface area contributed by atoms with Gasteiger partial charge in [-0.25, -0.2) is 0 Å². The van der Waals surface area contributed by atoms with Gasteiger partial charge in [0.15, 0.2) is 0 Å². The van der Waals surface area contributed by atoms with E-state index in [1.807, 2.05) is 35.2 Å². The van der Waals surface area contributed by atoms with Gasteiger partial charge in [-0.1, -0.05) is 37.5 Å². The third-order valence-corrected chi connectivity index (χ3v) is 4.65. The fraction of sp³-hybridized carbons (Fsp3) is 0.556. The smallest absolute Gasteiger partial charge is 0.320 e. The molecule has 0 heterocycles. The third-order valence-electron chi connectivity index (χ3n) is 4.65. The number of likely N-dealkylation sites (N-methyl/N-ethyl adjacent to an activating group) is 1. The first-order valence-electron chi connectivity index (χ1n) is 8.31. The zero-order valence-corrected chi connectivity index (χ0v) is 13.9. The SMILES string of the molecule is CC(C(=O)O)N(C)CC(=O)N(c1ccccc1)C1CCCCC1. The maximum atomic E-state index is 12.9. The van der Waals surface area contributed by atoms with Gasteiger partial charge in [0.1, 0.15) is 6.04 Å². The van der Waals surface area contributed by atoms with Gasteiger partial charge in [0.05, 0.1) is 6.54 Å². The molecule has 2 rings (SSSR count). The van der Waals surface area contributed by atoms with Crippen LogP contribution in [0.1, 0.15) is 39.0 Å². The molecule has 0 spiro atoms. The number of hydrogen-bond acceptors (Lipinski definition) is 3. The normalized spacial score (nSPS) is 17.0. The summed E-state index contributed by atoms with van der Waals surface area (Å²) in [7, 11) is 1.68. The standard InChI is InChI=1S/C18H26N2O3/c1-14(18(22)23)19(2)13-17(21)20(15-9-5-3-6-10-15)16-11-7-4-8-12-16/h3,5-6,9-10,14,16H,4,7-8,11-13H2,1-2H3,(H,22,23). The van der Waals surface area contributed by atoms with Crippen molar-refractivity contribution in [1.29, 1.82) is 0 Å². The molecular weight excluding hydrogens is 292 g/mol. The highest BCUT2D eigenvalue weighted by Gasteiger charge is 2.29. The molecule has 1 aliphatic rings. The molecule has 1 N–H and O–H groups in total. The van der Waals surface area contributed by atoms with E-state index >= 15 is 0 Å². The number of amides is 1. The van der Waals surface area contributed by atoms with Gasteiger partial charge in [-0.2, -0.15) is 0 Å². The number of carbonyl (C=O) groups excluding carboxylic acids is 1. The first-order chi connectivity index (χ1) is 11.0. The lowest BCUT2D eigenvalue weighted by Gasteiger charge is -2.36. The summed E-state index contributed by atoms with van der Waals surface area (Å²) in [6, 6.07) is 9.24. The lowest BCUT2D eigenvalue weighted by molar-refractivity contribution is -0.142. The summed E-state index contributed by atoms with van der Waals surface area (Å²) < 4.78 is 0. The van der Waals surface area contributed by atoms with E-state index in [4.69, 9.17) is 5.11 Å². The fourth-order valence-corrected chi connectivity index (χ4v) is 3.10. The van der Waals surface area contributed by atoms with Crippen LogP contribution in [-0.2, 0) is 9.59 Å². The van der Waals surface area contributed by atoms with Gasteiger partial charge >= 0.3 is 5.97 Å². The Balaban J connectivity index is 2.16. The molecule has 1 unspecified atom stereocenters. The van der Waals surface area contributed by atoms with Gasteiger partial charge in [0.25, 0.3) is 0 Å². The summed E-state index contributed by atoms with van der Waals surface area (Å²) in [5, 5.41) is 9.10. The summed E-state index contributed by atoms with van der Waals surface area (Å²) in [5.41, 5.74) is 0.903. The minimum Gasteiger partial charge on any atom is -0.480 e. The molecule has 1 amide bonds. The van der Waals surface area contributed by atoms with Crippen LogP contribution < -0.4 is 4.90 Å². The predicted octanol–water partition coefficient (Wildman–Crippen LogP) is 2.76. The van der Waals surface area contributed by atoms with Crippen LogP contribution in [0.2, 0.25) is 0 Å². The zero-order valence-electron chi connectivity index (χ0n) is 13.9. The van der Waals surface area contributed by atoms with Gasteiger partial charge < -0.3 is 10.0 Å². The van der Waals surface area contributed by atoms with Crippen molar-refractivity contribution in [3.8, 4) is 0 Å². The number of carboxylic acids is 1. The zero-order chi connectivity index (χ0) is 16.8. The van der Waals surface area contributed by atoms with Crippen molar-refractivity contribution in [2.75, 3.05) is 18.5 Å². The Morgan fingerprint density at radius 3 is 2.35 bits per heavy atom. The van der Waals surface area contributed by atoms with Crippen LogP contribution in [0.3, 0.4) is 0 Å². The molecule has 23 heavy (non-hydrogen) atoms. The Hall–Kier alpha value is -1.88. The Morgan fingerprint density at radius 2 is 1.78 bits per heavy atom. The van der Waals surface area contributed by atoms with Gasteiger partial charge in [0.2, 0.25) is 5.91 Å². The first kappa shape index (κ1) is 17.5. The second-order valence-electron chi connectivity index (χ2n) is 6.32. The second kappa shape index (κ2) is 8.11. The maximum absolute atomic E-state index is 12.9. The highest BCUT2D eigenvalue weighted by molar-refractivity contribution is 5.95. The molecule has 1 saturated carbocycles. The minimum atomic E-state index is -0.913. The van der Waals surface area contributed by atoms with Crippen LogP contribution in [0, 0.1) is 0 Å². The van der Waals surface area contributed by atoms with Crippen molar-refractivity contribution < 1.29 is 14.7 Å². The number of nitrogens with zero attached hydrogens (tertiary/aromatic N) is 2. The molecular formula is C18H26N2O3. The number of carboxylic acid groups (broad SMARTS) is 1. The number of hydrogen-bond donors (Lipinski definition) is 1. The van der Waals surface area contributed by atoms with Crippen molar-refractivity contribution in [2.24, 2.45) is 0 Å². The van der Waals surface area contributed by atoms with Crippen LogP contribution >= 0.6 is 0 Å². The van der Waals surface area contributed by atoms with Crippen molar-refractivity contribution in [3.63, 3.8) is 0 Å². The average Bonchev–Trinajstić information content (AvgIpc) is 2.56. The summed E-state index contributed by atoms with van der Waals surface area (Å²) in [6.45, 7) is 1.71. The number of rotatable bonds is 6. The summed E-state index contributed by atoms with van der Waals surface area (Å²) >= 11 is 0. The van der Waals surface area contributed by atoms with Crippen molar-refractivity contribution >= 4 is 17.6 Å². The number of aliphatic carboxylic acids is 1. The van der Waals surface area contributed by atoms with Crippen LogP contribution in [0.5, 0.6) is 0 Å². The molecule has 1 fully saturated rings. The Morgan fingerprint density at radius 1 is 1.17 bits per heavy atom. The molecule has 1 aliphatic carbocycles. The van der Waals surface area contributed by atoms with Gasteiger partial charge in [-0.15, -0.1) is 0 Å². The van der Waals surface area contributed by atoms with Gasteiger partial charge in [0, 0.05) is 11.7 Å². The highest BCUT2D eigenvalue weighted by atomic mass is 16.4. The van der Waals surface area contributed by atoms with E-state index in [0.717, 1.165) is 31.4 Å². The molecule has 1 atom stereocenters. The van der Waals surface area contributed by atoms with E-state index in [0.29, 0.717) is 0 Å². The molecule has 0 radical (unpaired) electrons. The maximum Gasteiger partial charge on any atom is 0.320 e. The Kier molecular flexibility index (Phi) is 6.16. The largest absolute Gasteiger partial charge is 0.480 e. The lowest BCUT2D eigenvalue weighted by Crippen LogP contribution is -2.48. The monoisotopic (exact) mass is 318 g/mol. The van der Waals surface area contributed by atoms with Gasteiger partial charge in [-0.05, 0) is 38.9 Å². The topological polar surface area (TPSA) is 60.9 Å². The van der Waals surface area contributed by atoms with Crippen molar-refractivity contribution in [1.82, 2.24) is 4.90 Å². The first-order valence-corrected chi connectivity index (χ1v) is 8.31. The second-order valence-corrected chi connectivity index (χ2v) is 6.32. The molecule has 5 nitrogen and oxygen atoms in total. The number of anilines is 1. The Labute approximate surface area is 137 Å². The van der Waals surface area contributed by atoms with Crippen LogP contribution in [0.25, 0.3) is 0 Å². The molecule has 126 valence electrons. The molecule has 0 aromatic heterocycles. The third kappa shape index (κ3) is 4.55. The van der Waals surface area contributed by atoms with Crippen molar-refractivity contribution in [2.45, 2.75) is 51.1 Å². The molecule has 5 heteroatoms. The van der Waals surface area contributed by atoms with Crippen molar-refractivity contribution in [3.05, 3.63) is 30.3 Å². The van der Waals surface area contributed by atoms with E-state index in [2.05, 4.69) is 0 Å². The van der Waals surface area contributed by atoms with E-state index < -0.39 is 12.0 Å². The molecule has 1 aromatic carbocycles. The fourth-order valence-electron chi connectivity index (χ4n) is 3.10. The molecule has 1 aromatic rings. The van der Waals surface area contributed by atoms with E-state index in [9.17, 15) is 9.59 Å². The highest BCUT2D eigenvalue weighted by Crippen LogP contribution is 2.27. The summed E-state index contributed by atoms with van der Waals surface area (Å²) in [5.74, 6) is -0.942. The average molecular weight is 318 g/mol. The predicted molar refractivity (Wildman–Crippen MR) is 90.5 cm³/mol. The number of para-hydroxylation sites is 1. The lowest BCUT2D eigenvalue weighted by atomic mass is 9.93. The Bertz CT molecular complexity index is 526. The minimum absolute atomic E-state index is 0.0290. The quantitative estimate of drug-likeness (QED) is 0.876. The molecule has 0 bridgehead atoms. The molecule has 0 saturated heterocycles. The van der Waals surface area contributed by atoms with Crippen LogP contribution in [-0.4, -0.2) is 47.6 Å². The number of carbonyl (C=O) groups is 2. The van der Waals surface area contributed by atoms with E-state index in [-0.39, 0.29) is 18.5 Å². The van der Waals surface area contributed by atoms with Crippen LogP contribution in [0.4, 0.5) is 5.69 Å². The van der Waals surface area contributed by atoms with E-state index in [1.54, 1.807) is 18.9 Å². The molecule has 0 aliphatic heterocycles. The van der Waals surface area contributed by atoms with Crippen LogP contribution in [0.15, 0.2) is 30.3 Å².